The van der Waals surface area contributed by atoms with Gasteiger partial charge in [-0.3, -0.25) is 14.8 Å². The summed E-state index contributed by atoms with van der Waals surface area (Å²) in [5, 5.41) is 18.2. The number of nitrogens with zero attached hydrogens (tertiary/aromatic N) is 1. The average molecular weight is 243 g/mol. The van der Waals surface area contributed by atoms with Gasteiger partial charge in [0.05, 0.1) is 17.2 Å². The van der Waals surface area contributed by atoms with Gasteiger partial charge in [-0.05, 0) is 17.7 Å². The molecule has 1 aromatic heterocycles. The quantitative estimate of drug-likeness (QED) is 0.701. The fraction of sp³-hybridized carbons (Fsp3) is 0.0833. The zero-order valence-corrected chi connectivity index (χ0v) is 9.23. The minimum atomic E-state index is -0.749. The first-order valence-electron chi connectivity index (χ1n) is 5.13. The molecule has 0 saturated heterocycles. The van der Waals surface area contributed by atoms with Crippen molar-refractivity contribution in [1.29, 1.82) is 5.26 Å². The Morgan fingerprint density at radius 3 is 2.39 bits per heavy atom. The Hall–Kier alpha value is -2.81. The van der Waals surface area contributed by atoms with Crippen molar-refractivity contribution < 1.29 is 5.11 Å². The number of rotatable bonds is 2. The van der Waals surface area contributed by atoms with Gasteiger partial charge in [0.15, 0.2) is 0 Å². The molecule has 0 aliphatic heterocycles. The summed E-state index contributed by atoms with van der Waals surface area (Å²) in [7, 11) is 0. The molecule has 0 unspecified atom stereocenters. The van der Waals surface area contributed by atoms with E-state index in [2.05, 4.69) is 4.98 Å². The fourth-order valence-electron chi connectivity index (χ4n) is 1.57. The number of H-pyrrole nitrogens is 2. The SMILES string of the molecule is N#Cc1ccc(Cc2c(O)[nH]c(=O)[nH]c2=O)cc1. The van der Waals surface area contributed by atoms with Gasteiger partial charge in [-0.25, -0.2) is 4.79 Å². The highest BCUT2D eigenvalue weighted by atomic mass is 16.3. The summed E-state index contributed by atoms with van der Waals surface area (Å²) >= 11 is 0. The van der Waals surface area contributed by atoms with Gasteiger partial charge < -0.3 is 5.11 Å². The summed E-state index contributed by atoms with van der Waals surface area (Å²) in [6, 6.07) is 8.58. The van der Waals surface area contributed by atoms with Crippen LogP contribution < -0.4 is 11.2 Å². The lowest BCUT2D eigenvalue weighted by Gasteiger charge is -2.02. The highest BCUT2D eigenvalue weighted by Gasteiger charge is 2.09. The number of hydrogen-bond donors (Lipinski definition) is 3. The summed E-state index contributed by atoms with van der Waals surface area (Å²) in [5.41, 5.74) is -0.0267. The monoisotopic (exact) mass is 243 g/mol. The van der Waals surface area contributed by atoms with E-state index in [9.17, 15) is 14.7 Å². The van der Waals surface area contributed by atoms with E-state index in [-0.39, 0.29) is 12.0 Å². The van der Waals surface area contributed by atoms with Gasteiger partial charge in [-0.2, -0.15) is 5.26 Å². The third kappa shape index (κ3) is 2.30. The molecule has 2 rings (SSSR count). The van der Waals surface area contributed by atoms with E-state index in [1.54, 1.807) is 24.3 Å². The molecule has 0 fully saturated rings. The molecule has 0 amide bonds. The molecule has 6 nitrogen and oxygen atoms in total. The van der Waals surface area contributed by atoms with Crippen molar-refractivity contribution in [2.45, 2.75) is 6.42 Å². The molecule has 0 aliphatic carbocycles. The van der Waals surface area contributed by atoms with Gasteiger partial charge in [0.25, 0.3) is 5.56 Å². The number of aromatic nitrogens is 2. The van der Waals surface area contributed by atoms with Crippen LogP contribution in [0.1, 0.15) is 16.7 Å². The minimum Gasteiger partial charge on any atom is -0.494 e. The molecular formula is C12H9N3O3. The van der Waals surface area contributed by atoms with Crippen LogP contribution >= 0.6 is 0 Å². The molecule has 18 heavy (non-hydrogen) atoms. The summed E-state index contributed by atoms with van der Waals surface area (Å²) in [4.78, 5) is 26.6. The van der Waals surface area contributed by atoms with Crippen LogP contribution in [0.4, 0.5) is 0 Å². The van der Waals surface area contributed by atoms with Crippen molar-refractivity contribution >= 4 is 0 Å². The number of benzene rings is 1. The zero-order chi connectivity index (χ0) is 13.1. The Morgan fingerprint density at radius 1 is 1.17 bits per heavy atom. The summed E-state index contributed by atoms with van der Waals surface area (Å²) < 4.78 is 0. The van der Waals surface area contributed by atoms with Crippen LogP contribution in [-0.4, -0.2) is 15.1 Å². The highest BCUT2D eigenvalue weighted by Crippen LogP contribution is 2.12. The molecule has 1 heterocycles. The van der Waals surface area contributed by atoms with E-state index in [1.807, 2.05) is 11.1 Å². The van der Waals surface area contributed by atoms with Crippen LogP contribution in [0, 0.1) is 11.3 Å². The zero-order valence-electron chi connectivity index (χ0n) is 9.23. The van der Waals surface area contributed by atoms with Gasteiger partial charge in [0, 0.05) is 6.42 Å². The van der Waals surface area contributed by atoms with Crippen molar-refractivity contribution in [3.05, 3.63) is 61.8 Å². The second-order valence-electron chi connectivity index (χ2n) is 3.72. The van der Waals surface area contributed by atoms with E-state index < -0.39 is 17.1 Å². The van der Waals surface area contributed by atoms with Gasteiger partial charge >= 0.3 is 5.69 Å². The molecule has 3 N–H and O–H groups in total. The van der Waals surface area contributed by atoms with Crippen molar-refractivity contribution in [3.8, 4) is 11.9 Å². The molecule has 0 spiro atoms. The number of nitrogens with one attached hydrogen (secondary N) is 2. The van der Waals surface area contributed by atoms with Crippen molar-refractivity contribution in [2.24, 2.45) is 0 Å². The Labute approximate surface area is 101 Å². The Morgan fingerprint density at radius 2 is 1.83 bits per heavy atom. The topological polar surface area (TPSA) is 110 Å². The van der Waals surface area contributed by atoms with Gasteiger partial charge in [0.2, 0.25) is 5.88 Å². The third-order valence-electron chi connectivity index (χ3n) is 2.48. The van der Waals surface area contributed by atoms with Crippen molar-refractivity contribution in [3.63, 3.8) is 0 Å². The van der Waals surface area contributed by atoms with Crippen LogP contribution in [0.2, 0.25) is 0 Å². The van der Waals surface area contributed by atoms with Crippen LogP contribution in [0.25, 0.3) is 0 Å². The molecule has 90 valence electrons. The predicted octanol–water partition coefficient (Wildman–Crippen LogP) is 0.231. The number of aromatic hydroxyl groups is 1. The fourth-order valence-corrected chi connectivity index (χ4v) is 1.57. The Bertz CT molecular complexity index is 720. The molecule has 6 heteroatoms. The van der Waals surface area contributed by atoms with Crippen molar-refractivity contribution in [1.82, 2.24) is 9.97 Å². The number of hydrogen-bond acceptors (Lipinski definition) is 4. The largest absolute Gasteiger partial charge is 0.494 e. The number of aromatic amines is 2. The first-order valence-corrected chi connectivity index (χ1v) is 5.13. The second kappa shape index (κ2) is 4.59. The van der Waals surface area contributed by atoms with Crippen LogP contribution in [0.15, 0.2) is 33.9 Å². The van der Waals surface area contributed by atoms with Gasteiger partial charge in [-0.15, -0.1) is 0 Å². The lowest BCUT2D eigenvalue weighted by Crippen LogP contribution is -2.25. The first-order chi connectivity index (χ1) is 8.60. The standard InChI is InChI=1S/C12H9N3O3/c13-6-8-3-1-7(2-4-8)5-9-10(16)14-12(18)15-11(9)17/h1-4H,5H2,(H3,14,15,16,17,18). The maximum absolute atomic E-state index is 11.5. The van der Waals surface area contributed by atoms with Gasteiger partial charge in [0.1, 0.15) is 0 Å². The summed E-state index contributed by atoms with van der Waals surface area (Å²) in [6.45, 7) is 0. The van der Waals surface area contributed by atoms with Crippen LogP contribution in [0.5, 0.6) is 5.88 Å². The summed E-state index contributed by atoms with van der Waals surface area (Å²) in [5.74, 6) is -0.437. The molecular weight excluding hydrogens is 234 g/mol. The Kier molecular flexibility index (Phi) is 2.98. The van der Waals surface area contributed by atoms with E-state index in [0.29, 0.717) is 5.56 Å². The third-order valence-corrected chi connectivity index (χ3v) is 2.48. The first kappa shape index (κ1) is 11.7. The maximum Gasteiger partial charge on any atom is 0.328 e. The number of nitriles is 1. The van der Waals surface area contributed by atoms with Crippen LogP contribution in [0.3, 0.4) is 0 Å². The molecule has 2 aromatic rings. The van der Waals surface area contributed by atoms with E-state index in [0.717, 1.165) is 5.56 Å². The van der Waals surface area contributed by atoms with E-state index in [4.69, 9.17) is 5.26 Å². The highest BCUT2D eigenvalue weighted by molar-refractivity contribution is 5.35. The smallest absolute Gasteiger partial charge is 0.328 e. The molecule has 0 aliphatic rings. The lowest BCUT2D eigenvalue weighted by atomic mass is 10.1. The Balaban J connectivity index is 2.37. The normalized spacial score (nSPS) is 9.94. The average Bonchev–Trinajstić information content (AvgIpc) is 2.34. The molecule has 0 atom stereocenters. The predicted molar refractivity (Wildman–Crippen MR) is 63.3 cm³/mol. The van der Waals surface area contributed by atoms with E-state index in [1.165, 1.54) is 0 Å². The van der Waals surface area contributed by atoms with E-state index >= 15 is 0 Å². The second-order valence-corrected chi connectivity index (χ2v) is 3.72. The lowest BCUT2D eigenvalue weighted by molar-refractivity contribution is 0.441. The molecule has 0 saturated carbocycles. The van der Waals surface area contributed by atoms with Gasteiger partial charge in [-0.1, -0.05) is 12.1 Å². The molecule has 1 aromatic carbocycles. The molecule has 0 bridgehead atoms. The molecule has 0 radical (unpaired) electrons. The minimum absolute atomic E-state index is 0.0827. The maximum atomic E-state index is 11.5. The summed E-state index contributed by atoms with van der Waals surface area (Å²) in [6.07, 6.45) is 0.170. The van der Waals surface area contributed by atoms with Crippen LogP contribution in [-0.2, 0) is 6.42 Å². The van der Waals surface area contributed by atoms with Crippen molar-refractivity contribution in [2.75, 3.05) is 0 Å².